The van der Waals surface area contributed by atoms with Crippen molar-refractivity contribution in [2.24, 2.45) is 23.2 Å². The van der Waals surface area contributed by atoms with E-state index in [1.165, 1.54) is 0 Å². The second kappa shape index (κ2) is 14.6. The van der Waals surface area contributed by atoms with E-state index in [1.807, 2.05) is 6.92 Å². The molecule has 0 heterocycles. The first kappa shape index (κ1) is 28.5. The van der Waals surface area contributed by atoms with Gasteiger partial charge in [0.1, 0.15) is 0 Å². The van der Waals surface area contributed by atoms with E-state index in [-0.39, 0.29) is 30.9 Å². The molecule has 34 heavy (non-hydrogen) atoms. The molecule has 2 rings (SSSR count). The van der Waals surface area contributed by atoms with Crippen molar-refractivity contribution in [1.29, 1.82) is 0 Å². The summed E-state index contributed by atoms with van der Waals surface area (Å²) in [6.45, 7) is 3.95. The Morgan fingerprint density at radius 1 is 1.06 bits per heavy atom. The lowest BCUT2D eigenvalue weighted by Crippen LogP contribution is -2.49. The van der Waals surface area contributed by atoms with Crippen molar-refractivity contribution >= 4 is 17.8 Å². The molecule has 0 aromatic carbocycles. The third kappa shape index (κ3) is 8.50. The van der Waals surface area contributed by atoms with Crippen LogP contribution >= 0.6 is 0 Å². The van der Waals surface area contributed by atoms with E-state index < -0.39 is 29.2 Å². The minimum atomic E-state index is -0.951. The van der Waals surface area contributed by atoms with Crippen LogP contribution in [0.3, 0.4) is 0 Å². The number of carbonyl (C=O) groups is 3. The van der Waals surface area contributed by atoms with Crippen molar-refractivity contribution in [3.8, 4) is 0 Å². The molecule has 9 heteroatoms. The van der Waals surface area contributed by atoms with E-state index in [2.05, 4.69) is 5.32 Å². The van der Waals surface area contributed by atoms with Crippen molar-refractivity contribution in [1.82, 2.24) is 5.32 Å². The van der Waals surface area contributed by atoms with Crippen LogP contribution in [0.5, 0.6) is 0 Å². The number of methoxy groups -OCH3 is 1. The first-order valence-corrected chi connectivity index (χ1v) is 12.7. The number of hydrogen-bond donors (Lipinski definition) is 3. The van der Waals surface area contributed by atoms with Crippen LogP contribution in [0.4, 0.5) is 0 Å². The van der Waals surface area contributed by atoms with Crippen molar-refractivity contribution in [3.05, 3.63) is 0 Å². The van der Waals surface area contributed by atoms with Crippen LogP contribution in [-0.2, 0) is 28.6 Å². The average Bonchev–Trinajstić information content (AvgIpc) is 3.28. The van der Waals surface area contributed by atoms with Crippen LogP contribution in [0, 0.1) is 23.2 Å². The van der Waals surface area contributed by atoms with Crippen LogP contribution in [0.1, 0.15) is 71.1 Å². The molecule has 1 amide bonds. The lowest BCUT2D eigenvalue weighted by molar-refractivity contribution is -0.147. The highest BCUT2D eigenvalue weighted by atomic mass is 16.5. The van der Waals surface area contributed by atoms with Crippen molar-refractivity contribution in [2.75, 3.05) is 40.1 Å². The van der Waals surface area contributed by atoms with Gasteiger partial charge < -0.3 is 29.7 Å². The summed E-state index contributed by atoms with van der Waals surface area (Å²) in [6, 6.07) is -0.0844. The summed E-state index contributed by atoms with van der Waals surface area (Å²) in [4.78, 5) is 37.1. The largest absolute Gasteiger partial charge is 0.481 e. The highest BCUT2D eigenvalue weighted by molar-refractivity contribution is 5.84. The molecule has 0 saturated heterocycles. The van der Waals surface area contributed by atoms with E-state index in [9.17, 15) is 24.6 Å². The molecule has 0 spiro atoms. The van der Waals surface area contributed by atoms with Gasteiger partial charge in [0.2, 0.25) is 5.91 Å². The predicted molar refractivity (Wildman–Crippen MR) is 125 cm³/mol. The molecule has 3 unspecified atom stereocenters. The van der Waals surface area contributed by atoms with E-state index in [1.54, 1.807) is 7.11 Å². The molecule has 0 aromatic heterocycles. The zero-order valence-corrected chi connectivity index (χ0v) is 20.8. The molecule has 196 valence electrons. The summed E-state index contributed by atoms with van der Waals surface area (Å²) >= 11 is 0. The number of carboxylic acids is 2. The maximum Gasteiger partial charge on any atom is 0.308 e. The Kier molecular flexibility index (Phi) is 12.3. The fourth-order valence-electron chi connectivity index (χ4n) is 5.60. The zero-order chi connectivity index (χ0) is 25.0. The van der Waals surface area contributed by atoms with Gasteiger partial charge in [0.05, 0.1) is 37.1 Å². The van der Waals surface area contributed by atoms with Crippen molar-refractivity contribution in [2.45, 2.75) is 77.2 Å². The summed E-state index contributed by atoms with van der Waals surface area (Å²) in [5, 5.41) is 22.6. The second-order valence-electron chi connectivity index (χ2n) is 9.82. The zero-order valence-electron chi connectivity index (χ0n) is 20.8. The molecule has 0 radical (unpaired) electrons. The van der Waals surface area contributed by atoms with E-state index in [0.717, 1.165) is 25.7 Å². The van der Waals surface area contributed by atoms with Crippen LogP contribution in [0.15, 0.2) is 0 Å². The van der Waals surface area contributed by atoms with Gasteiger partial charge in [0.15, 0.2) is 0 Å². The Labute approximate surface area is 202 Å². The Morgan fingerprint density at radius 2 is 1.79 bits per heavy atom. The topological polar surface area (TPSA) is 131 Å². The molecule has 2 aliphatic rings. The summed E-state index contributed by atoms with van der Waals surface area (Å²) in [6.07, 6.45) is 6.75. The first-order chi connectivity index (χ1) is 16.3. The van der Waals surface area contributed by atoms with Crippen LogP contribution in [0.2, 0.25) is 0 Å². The molecule has 9 nitrogen and oxygen atoms in total. The van der Waals surface area contributed by atoms with E-state index in [4.69, 9.17) is 14.2 Å². The van der Waals surface area contributed by atoms with Crippen molar-refractivity contribution < 1.29 is 38.8 Å². The lowest BCUT2D eigenvalue weighted by atomic mass is 9.73. The van der Waals surface area contributed by atoms with E-state index in [0.29, 0.717) is 58.5 Å². The number of nitrogens with one attached hydrogen (secondary N) is 1. The van der Waals surface area contributed by atoms with Gasteiger partial charge in [0.25, 0.3) is 0 Å². The Morgan fingerprint density at radius 3 is 2.41 bits per heavy atom. The van der Waals surface area contributed by atoms with Gasteiger partial charge in [-0.25, -0.2) is 0 Å². The molecule has 0 aliphatic heterocycles. The second-order valence-corrected chi connectivity index (χ2v) is 9.82. The first-order valence-electron chi connectivity index (χ1n) is 12.7. The maximum absolute atomic E-state index is 13.5. The molecule has 2 fully saturated rings. The smallest absolute Gasteiger partial charge is 0.308 e. The van der Waals surface area contributed by atoms with Gasteiger partial charge in [0, 0.05) is 26.4 Å². The fraction of sp³-hybridized carbons (Fsp3) is 0.880. The molecule has 0 bridgehead atoms. The molecular weight excluding hydrogens is 442 g/mol. The third-order valence-corrected chi connectivity index (χ3v) is 7.48. The van der Waals surface area contributed by atoms with Gasteiger partial charge in [-0.15, -0.1) is 0 Å². The van der Waals surface area contributed by atoms with Gasteiger partial charge in [-0.2, -0.15) is 0 Å². The average molecular weight is 486 g/mol. The number of carbonyl (C=O) groups excluding carboxylic acids is 1. The van der Waals surface area contributed by atoms with Gasteiger partial charge in [-0.1, -0.05) is 12.8 Å². The molecular formula is C25H43NO8. The molecule has 0 aromatic rings. The standard InChI is InChI=1S/C25H43NO8/c1-3-33-12-6-7-18-15-20(8-9-21(18)23(29)30)26-24(31)25(10-4-5-11-25)16-19(22(27)28)17-34-14-13-32-2/h18-21H,3-17H2,1-2H3,(H,26,31)(H,27,28)(H,29,30)/t18?,19-,20?,21?/m0/s1. The molecule has 2 aliphatic carbocycles. The fourth-order valence-corrected chi connectivity index (χ4v) is 5.60. The van der Waals surface area contributed by atoms with Gasteiger partial charge in [-0.05, 0) is 64.2 Å². The lowest BCUT2D eigenvalue weighted by Gasteiger charge is -2.37. The van der Waals surface area contributed by atoms with Gasteiger partial charge in [-0.3, -0.25) is 14.4 Å². The highest BCUT2D eigenvalue weighted by Gasteiger charge is 2.45. The number of hydrogen-bond acceptors (Lipinski definition) is 6. The number of carboxylic acid groups (broad SMARTS) is 2. The normalized spacial score (nSPS) is 25.1. The van der Waals surface area contributed by atoms with Crippen molar-refractivity contribution in [3.63, 3.8) is 0 Å². The molecule has 2 saturated carbocycles. The van der Waals surface area contributed by atoms with E-state index >= 15 is 0 Å². The minimum Gasteiger partial charge on any atom is -0.481 e. The number of aliphatic carboxylic acids is 2. The molecule has 3 N–H and O–H groups in total. The number of amides is 1. The summed E-state index contributed by atoms with van der Waals surface area (Å²) in [5.74, 6) is -2.95. The summed E-state index contributed by atoms with van der Waals surface area (Å²) < 4.78 is 15.8. The minimum absolute atomic E-state index is 0.00233. The Balaban J connectivity index is 2.00. The third-order valence-electron chi connectivity index (χ3n) is 7.48. The van der Waals surface area contributed by atoms with Crippen LogP contribution in [-0.4, -0.2) is 74.2 Å². The Bertz CT molecular complexity index is 649. The predicted octanol–water partition coefficient (Wildman–Crippen LogP) is 3.10. The maximum atomic E-state index is 13.5. The summed E-state index contributed by atoms with van der Waals surface area (Å²) in [5.41, 5.74) is -0.707. The quantitative estimate of drug-likeness (QED) is 0.284. The monoisotopic (exact) mass is 485 g/mol. The molecule has 4 atom stereocenters. The number of ether oxygens (including phenoxy) is 3. The SMILES string of the molecule is CCOCCCC1CC(NC(=O)C2(C[C@@H](COCCOC)C(=O)O)CCCC2)CCC1C(=O)O. The van der Waals surface area contributed by atoms with Crippen LogP contribution < -0.4 is 5.32 Å². The Hall–Kier alpha value is -1.71. The highest BCUT2D eigenvalue weighted by Crippen LogP contribution is 2.44. The number of rotatable bonds is 16. The van der Waals surface area contributed by atoms with Crippen LogP contribution in [0.25, 0.3) is 0 Å². The summed E-state index contributed by atoms with van der Waals surface area (Å²) in [7, 11) is 1.56. The van der Waals surface area contributed by atoms with Gasteiger partial charge >= 0.3 is 11.9 Å².